The molecule has 0 aromatic heterocycles. The van der Waals surface area contributed by atoms with Crippen molar-refractivity contribution >= 4 is 5.97 Å². The van der Waals surface area contributed by atoms with E-state index in [2.05, 4.69) is 5.32 Å². The standard InChI is InChI=1S/C10H19NO3/c1-10(2,9(12)13)7-11-8-3-5-14-6-4-8/h8,11H,3-7H2,1-2H3,(H,12,13). The van der Waals surface area contributed by atoms with Crippen LogP contribution in [0.15, 0.2) is 0 Å². The molecule has 0 spiro atoms. The lowest BCUT2D eigenvalue weighted by atomic mass is 9.93. The molecule has 2 N–H and O–H groups in total. The van der Waals surface area contributed by atoms with Crippen molar-refractivity contribution in [2.75, 3.05) is 19.8 Å². The summed E-state index contributed by atoms with van der Waals surface area (Å²) in [6.07, 6.45) is 1.96. The minimum absolute atomic E-state index is 0.419. The number of aliphatic carboxylic acids is 1. The third-order valence-corrected chi connectivity index (χ3v) is 2.63. The molecule has 1 rings (SSSR count). The summed E-state index contributed by atoms with van der Waals surface area (Å²) in [6, 6.07) is 0.419. The van der Waals surface area contributed by atoms with Crippen LogP contribution in [-0.4, -0.2) is 36.9 Å². The molecular formula is C10H19NO3. The van der Waals surface area contributed by atoms with Gasteiger partial charge in [0.1, 0.15) is 0 Å². The van der Waals surface area contributed by atoms with Gasteiger partial charge in [-0.05, 0) is 26.7 Å². The van der Waals surface area contributed by atoms with Gasteiger partial charge in [0.05, 0.1) is 5.41 Å². The second-order valence-electron chi connectivity index (χ2n) is 4.46. The molecule has 1 heterocycles. The summed E-state index contributed by atoms with van der Waals surface area (Å²) >= 11 is 0. The van der Waals surface area contributed by atoms with E-state index in [4.69, 9.17) is 9.84 Å². The van der Waals surface area contributed by atoms with E-state index in [-0.39, 0.29) is 0 Å². The highest BCUT2D eigenvalue weighted by Crippen LogP contribution is 2.15. The molecule has 1 fully saturated rings. The minimum Gasteiger partial charge on any atom is -0.481 e. The number of carboxylic acids is 1. The summed E-state index contributed by atoms with van der Waals surface area (Å²) in [5.74, 6) is -0.753. The largest absolute Gasteiger partial charge is 0.481 e. The second kappa shape index (κ2) is 4.75. The zero-order valence-electron chi connectivity index (χ0n) is 8.88. The van der Waals surface area contributed by atoms with Crippen molar-refractivity contribution in [2.24, 2.45) is 5.41 Å². The Balaban J connectivity index is 2.28. The topological polar surface area (TPSA) is 58.6 Å². The average molecular weight is 201 g/mol. The third kappa shape index (κ3) is 3.27. The van der Waals surface area contributed by atoms with E-state index in [1.165, 1.54) is 0 Å². The van der Waals surface area contributed by atoms with Gasteiger partial charge in [-0.15, -0.1) is 0 Å². The van der Waals surface area contributed by atoms with Crippen LogP contribution in [0.2, 0.25) is 0 Å². The van der Waals surface area contributed by atoms with E-state index in [0.29, 0.717) is 12.6 Å². The normalized spacial score (nSPS) is 19.6. The van der Waals surface area contributed by atoms with Crippen LogP contribution in [-0.2, 0) is 9.53 Å². The number of nitrogens with one attached hydrogen (secondary N) is 1. The molecule has 1 saturated heterocycles. The Morgan fingerprint density at radius 3 is 2.57 bits per heavy atom. The summed E-state index contributed by atoms with van der Waals surface area (Å²) in [7, 11) is 0. The Labute approximate surface area is 84.6 Å². The number of hydrogen-bond acceptors (Lipinski definition) is 3. The highest BCUT2D eigenvalue weighted by molar-refractivity contribution is 5.73. The molecule has 82 valence electrons. The molecule has 1 aliphatic heterocycles. The van der Waals surface area contributed by atoms with E-state index in [0.717, 1.165) is 26.1 Å². The van der Waals surface area contributed by atoms with Crippen molar-refractivity contribution in [1.82, 2.24) is 5.32 Å². The average Bonchev–Trinajstić information content (AvgIpc) is 2.16. The lowest BCUT2D eigenvalue weighted by Gasteiger charge is -2.27. The summed E-state index contributed by atoms with van der Waals surface area (Å²) in [4.78, 5) is 10.8. The molecule has 0 bridgehead atoms. The van der Waals surface area contributed by atoms with Gasteiger partial charge in [-0.3, -0.25) is 4.79 Å². The summed E-state index contributed by atoms with van der Waals surface area (Å²) in [6.45, 7) is 5.56. The monoisotopic (exact) mass is 201 g/mol. The molecule has 4 heteroatoms. The van der Waals surface area contributed by atoms with Gasteiger partial charge in [-0.2, -0.15) is 0 Å². The highest BCUT2D eigenvalue weighted by atomic mass is 16.5. The van der Waals surface area contributed by atoms with E-state index in [1.807, 2.05) is 0 Å². The van der Waals surface area contributed by atoms with Crippen molar-refractivity contribution in [3.63, 3.8) is 0 Å². The maximum atomic E-state index is 10.8. The van der Waals surface area contributed by atoms with Gasteiger partial charge in [0.2, 0.25) is 0 Å². The first-order valence-corrected chi connectivity index (χ1v) is 5.07. The lowest BCUT2D eigenvalue weighted by molar-refractivity contribution is -0.146. The lowest BCUT2D eigenvalue weighted by Crippen LogP contribution is -2.43. The fourth-order valence-electron chi connectivity index (χ4n) is 1.38. The number of rotatable bonds is 4. The van der Waals surface area contributed by atoms with Gasteiger partial charge in [0.15, 0.2) is 0 Å². The van der Waals surface area contributed by atoms with Crippen LogP contribution in [0.4, 0.5) is 0 Å². The summed E-state index contributed by atoms with van der Waals surface area (Å²) < 4.78 is 5.22. The third-order valence-electron chi connectivity index (χ3n) is 2.63. The maximum absolute atomic E-state index is 10.8. The molecule has 0 radical (unpaired) electrons. The van der Waals surface area contributed by atoms with Crippen molar-refractivity contribution < 1.29 is 14.6 Å². The number of hydrogen-bond donors (Lipinski definition) is 2. The van der Waals surface area contributed by atoms with Gasteiger partial charge in [-0.1, -0.05) is 0 Å². The molecule has 0 unspecified atom stereocenters. The zero-order valence-corrected chi connectivity index (χ0v) is 8.88. The minimum atomic E-state index is -0.753. The summed E-state index contributed by atoms with van der Waals surface area (Å²) in [5, 5.41) is 12.2. The first-order valence-electron chi connectivity index (χ1n) is 5.07. The quantitative estimate of drug-likeness (QED) is 0.708. The Kier molecular flexibility index (Phi) is 3.89. The molecule has 14 heavy (non-hydrogen) atoms. The van der Waals surface area contributed by atoms with E-state index in [1.54, 1.807) is 13.8 Å². The Morgan fingerprint density at radius 2 is 2.07 bits per heavy atom. The van der Waals surface area contributed by atoms with Crippen molar-refractivity contribution in [1.29, 1.82) is 0 Å². The Bertz CT molecular complexity index is 198. The van der Waals surface area contributed by atoms with Crippen LogP contribution in [0.3, 0.4) is 0 Å². The van der Waals surface area contributed by atoms with Crippen LogP contribution in [0.1, 0.15) is 26.7 Å². The first-order chi connectivity index (χ1) is 6.52. The van der Waals surface area contributed by atoms with E-state index in [9.17, 15) is 4.79 Å². The number of carbonyl (C=O) groups is 1. The highest BCUT2D eigenvalue weighted by Gasteiger charge is 2.28. The predicted molar refractivity (Wildman–Crippen MR) is 53.3 cm³/mol. The predicted octanol–water partition coefficient (Wildman–Crippen LogP) is 0.866. The molecule has 0 aliphatic carbocycles. The molecule has 1 aliphatic rings. The fourth-order valence-corrected chi connectivity index (χ4v) is 1.38. The first kappa shape index (κ1) is 11.5. The second-order valence-corrected chi connectivity index (χ2v) is 4.46. The maximum Gasteiger partial charge on any atom is 0.310 e. The van der Waals surface area contributed by atoms with Crippen LogP contribution in [0.25, 0.3) is 0 Å². The zero-order chi connectivity index (χ0) is 10.6. The summed E-state index contributed by atoms with van der Waals surface area (Å²) in [5.41, 5.74) is -0.682. The molecule has 0 aromatic carbocycles. The smallest absolute Gasteiger partial charge is 0.310 e. The fraction of sp³-hybridized carbons (Fsp3) is 0.900. The van der Waals surface area contributed by atoms with E-state index < -0.39 is 11.4 Å². The molecule has 0 amide bonds. The Hall–Kier alpha value is -0.610. The van der Waals surface area contributed by atoms with Crippen LogP contribution in [0.5, 0.6) is 0 Å². The van der Waals surface area contributed by atoms with Gasteiger partial charge < -0.3 is 15.2 Å². The molecule has 0 aromatic rings. The van der Waals surface area contributed by atoms with Crippen LogP contribution >= 0.6 is 0 Å². The van der Waals surface area contributed by atoms with Gasteiger partial charge in [-0.25, -0.2) is 0 Å². The Morgan fingerprint density at radius 1 is 1.50 bits per heavy atom. The molecule has 0 atom stereocenters. The van der Waals surface area contributed by atoms with E-state index >= 15 is 0 Å². The van der Waals surface area contributed by atoms with Crippen molar-refractivity contribution in [3.8, 4) is 0 Å². The van der Waals surface area contributed by atoms with Crippen LogP contribution in [0, 0.1) is 5.41 Å². The van der Waals surface area contributed by atoms with Crippen LogP contribution < -0.4 is 5.32 Å². The number of carboxylic acid groups (broad SMARTS) is 1. The van der Waals surface area contributed by atoms with Gasteiger partial charge in [0.25, 0.3) is 0 Å². The SMILES string of the molecule is CC(C)(CNC1CCOCC1)C(=O)O. The molecular weight excluding hydrogens is 182 g/mol. The molecule has 4 nitrogen and oxygen atoms in total. The van der Waals surface area contributed by atoms with Gasteiger partial charge >= 0.3 is 5.97 Å². The number of ether oxygens (including phenoxy) is 1. The molecule has 0 saturated carbocycles. The van der Waals surface area contributed by atoms with Crippen molar-refractivity contribution in [2.45, 2.75) is 32.7 Å². The van der Waals surface area contributed by atoms with Crippen molar-refractivity contribution in [3.05, 3.63) is 0 Å². The van der Waals surface area contributed by atoms with Gasteiger partial charge in [0, 0.05) is 25.8 Å².